The predicted molar refractivity (Wildman–Crippen MR) is 112 cm³/mol. The van der Waals surface area contributed by atoms with Gasteiger partial charge in [-0.3, -0.25) is 9.59 Å². The Morgan fingerprint density at radius 2 is 1.68 bits per heavy atom. The summed E-state index contributed by atoms with van der Waals surface area (Å²) in [7, 11) is 1.42. The number of ether oxygens (including phenoxy) is 1. The van der Waals surface area contributed by atoms with Crippen LogP contribution in [-0.4, -0.2) is 36.4 Å². The summed E-state index contributed by atoms with van der Waals surface area (Å²) in [6.45, 7) is 5.45. The summed E-state index contributed by atoms with van der Waals surface area (Å²) < 4.78 is 45.3. The molecule has 1 N–H and O–H groups in total. The highest BCUT2D eigenvalue weighted by Crippen LogP contribution is 2.32. The van der Waals surface area contributed by atoms with Gasteiger partial charge in [0.15, 0.2) is 0 Å². The zero-order valence-corrected chi connectivity index (χ0v) is 18.0. The van der Waals surface area contributed by atoms with Crippen molar-refractivity contribution in [1.29, 1.82) is 0 Å². The van der Waals surface area contributed by atoms with E-state index in [9.17, 15) is 22.8 Å². The average molecular weight is 436 g/mol. The molecule has 31 heavy (non-hydrogen) atoms. The lowest BCUT2D eigenvalue weighted by Crippen LogP contribution is -2.50. The van der Waals surface area contributed by atoms with E-state index in [-0.39, 0.29) is 23.6 Å². The van der Waals surface area contributed by atoms with Crippen molar-refractivity contribution in [2.75, 3.05) is 13.7 Å². The number of nitrogens with zero attached hydrogens (tertiary/aromatic N) is 1. The fourth-order valence-corrected chi connectivity index (χ4v) is 3.17. The smallest absolute Gasteiger partial charge is 0.416 e. The second-order valence-corrected chi connectivity index (χ2v) is 7.47. The van der Waals surface area contributed by atoms with Gasteiger partial charge in [-0.25, -0.2) is 0 Å². The predicted octanol–water partition coefficient (Wildman–Crippen LogP) is 4.52. The molecule has 1 atom stereocenters. The molecule has 0 aliphatic heterocycles. The summed E-state index contributed by atoms with van der Waals surface area (Å²) >= 11 is 0. The van der Waals surface area contributed by atoms with Crippen molar-refractivity contribution in [3.8, 4) is 5.75 Å². The van der Waals surface area contributed by atoms with Crippen molar-refractivity contribution in [1.82, 2.24) is 10.2 Å². The molecule has 0 aliphatic carbocycles. The Hall–Kier alpha value is -3.03. The number of amides is 2. The fourth-order valence-electron chi connectivity index (χ4n) is 3.17. The van der Waals surface area contributed by atoms with Crippen LogP contribution in [0.4, 0.5) is 13.2 Å². The highest BCUT2D eigenvalue weighted by molar-refractivity contribution is 5.99. The van der Waals surface area contributed by atoms with Crippen LogP contribution in [0.2, 0.25) is 0 Å². The van der Waals surface area contributed by atoms with Crippen LogP contribution in [0.1, 0.15) is 42.3 Å². The molecule has 2 amide bonds. The van der Waals surface area contributed by atoms with Gasteiger partial charge in [-0.05, 0) is 36.6 Å². The van der Waals surface area contributed by atoms with E-state index in [1.54, 1.807) is 45.0 Å². The van der Waals surface area contributed by atoms with Crippen molar-refractivity contribution in [2.24, 2.45) is 5.92 Å². The number of rotatable bonds is 8. The Balaban J connectivity index is 2.21. The standard InChI is InChI=1S/C23H27F3N2O3/c1-5-31-19-13-9-7-11-17(19)21(29)27-20(15(2)3)22(30)28(4)14-16-10-6-8-12-18(16)23(24,25)26/h6-13,15,20H,5,14H2,1-4H3,(H,27,29). The van der Waals surface area contributed by atoms with Crippen molar-refractivity contribution in [3.63, 3.8) is 0 Å². The number of carbonyl (C=O) groups is 2. The van der Waals surface area contributed by atoms with Crippen molar-refractivity contribution >= 4 is 11.8 Å². The van der Waals surface area contributed by atoms with Crippen LogP contribution in [0.5, 0.6) is 5.75 Å². The number of benzene rings is 2. The Labute approximate surface area is 180 Å². The minimum Gasteiger partial charge on any atom is -0.493 e. The Kier molecular flexibility index (Phi) is 8.08. The monoisotopic (exact) mass is 436 g/mol. The zero-order valence-electron chi connectivity index (χ0n) is 18.0. The highest BCUT2D eigenvalue weighted by Gasteiger charge is 2.34. The molecule has 0 saturated heterocycles. The van der Waals surface area contributed by atoms with Crippen LogP contribution in [0, 0.1) is 5.92 Å². The van der Waals surface area contributed by atoms with E-state index in [1.165, 1.54) is 30.1 Å². The van der Waals surface area contributed by atoms with Gasteiger partial charge < -0.3 is 15.0 Å². The molecule has 0 bridgehead atoms. The molecule has 2 aromatic rings. The molecule has 0 aromatic heterocycles. The van der Waals surface area contributed by atoms with Crippen LogP contribution in [0.15, 0.2) is 48.5 Å². The number of para-hydroxylation sites is 1. The number of halogens is 3. The minimum atomic E-state index is -4.52. The lowest BCUT2D eigenvalue weighted by molar-refractivity contribution is -0.140. The van der Waals surface area contributed by atoms with Crippen LogP contribution >= 0.6 is 0 Å². The van der Waals surface area contributed by atoms with Crippen LogP contribution in [0.3, 0.4) is 0 Å². The Bertz CT molecular complexity index is 913. The molecule has 0 spiro atoms. The van der Waals surface area contributed by atoms with Gasteiger partial charge in [0, 0.05) is 13.6 Å². The largest absolute Gasteiger partial charge is 0.493 e. The molecule has 8 heteroatoms. The number of hydrogen-bond acceptors (Lipinski definition) is 3. The maximum absolute atomic E-state index is 13.3. The molecule has 2 aromatic carbocycles. The molecule has 1 unspecified atom stereocenters. The van der Waals surface area contributed by atoms with E-state index in [1.807, 2.05) is 0 Å². The van der Waals surface area contributed by atoms with Crippen molar-refractivity contribution < 1.29 is 27.5 Å². The molecule has 2 rings (SSSR count). The molecular weight excluding hydrogens is 409 g/mol. The summed E-state index contributed by atoms with van der Waals surface area (Å²) in [4.78, 5) is 27.0. The summed E-state index contributed by atoms with van der Waals surface area (Å²) in [6.07, 6.45) is -4.52. The molecule has 168 valence electrons. The van der Waals surface area contributed by atoms with Gasteiger partial charge in [0.05, 0.1) is 17.7 Å². The topological polar surface area (TPSA) is 58.6 Å². The van der Waals surface area contributed by atoms with Crippen molar-refractivity contribution in [2.45, 2.75) is 39.5 Å². The molecule has 5 nitrogen and oxygen atoms in total. The average Bonchev–Trinajstić information content (AvgIpc) is 2.71. The van der Waals surface area contributed by atoms with Crippen LogP contribution < -0.4 is 10.1 Å². The maximum Gasteiger partial charge on any atom is 0.416 e. The second-order valence-electron chi connectivity index (χ2n) is 7.47. The molecule has 0 fully saturated rings. The van der Waals surface area contributed by atoms with Crippen molar-refractivity contribution in [3.05, 3.63) is 65.2 Å². The van der Waals surface area contributed by atoms with E-state index >= 15 is 0 Å². The minimum absolute atomic E-state index is 0.0126. The third kappa shape index (κ3) is 6.23. The normalized spacial score (nSPS) is 12.4. The van der Waals surface area contributed by atoms with Gasteiger partial charge in [0.1, 0.15) is 11.8 Å². The number of carbonyl (C=O) groups excluding carboxylic acids is 2. The summed E-state index contributed by atoms with van der Waals surface area (Å²) in [6, 6.07) is 10.9. The van der Waals surface area contributed by atoms with Crippen LogP contribution in [0.25, 0.3) is 0 Å². The van der Waals surface area contributed by atoms with E-state index in [4.69, 9.17) is 4.74 Å². The number of nitrogens with one attached hydrogen (secondary N) is 1. The molecule has 0 radical (unpaired) electrons. The number of likely N-dealkylation sites (N-methyl/N-ethyl adjacent to an activating group) is 1. The lowest BCUT2D eigenvalue weighted by atomic mass is 10.0. The van der Waals surface area contributed by atoms with E-state index in [0.29, 0.717) is 12.4 Å². The van der Waals surface area contributed by atoms with E-state index in [0.717, 1.165) is 6.07 Å². The Morgan fingerprint density at radius 1 is 1.06 bits per heavy atom. The summed E-state index contributed by atoms with van der Waals surface area (Å²) in [5, 5.41) is 2.71. The van der Waals surface area contributed by atoms with Gasteiger partial charge in [-0.15, -0.1) is 0 Å². The first kappa shape index (κ1) is 24.2. The van der Waals surface area contributed by atoms with Gasteiger partial charge in [0.2, 0.25) is 5.91 Å². The zero-order chi connectivity index (χ0) is 23.2. The molecular formula is C23H27F3N2O3. The second kappa shape index (κ2) is 10.3. The first-order valence-electron chi connectivity index (χ1n) is 9.99. The maximum atomic E-state index is 13.3. The summed E-state index contributed by atoms with van der Waals surface area (Å²) in [5.74, 6) is -0.852. The first-order valence-corrected chi connectivity index (χ1v) is 9.99. The number of hydrogen-bond donors (Lipinski definition) is 1. The Morgan fingerprint density at radius 3 is 2.29 bits per heavy atom. The fraction of sp³-hybridized carbons (Fsp3) is 0.391. The van der Waals surface area contributed by atoms with Gasteiger partial charge in [-0.1, -0.05) is 44.2 Å². The first-order chi connectivity index (χ1) is 14.6. The molecule has 0 heterocycles. The van der Waals surface area contributed by atoms with E-state index < -0.39 is 29.6 Å². The third-order valence-electron chi connectivity index (χ3n) is 4.76. The highest BCUT2D eigenvalue weighted by atomic mass is 19.4. The van der Waals surface area contributed by atoms with Crippen LogP contribution in [-0.2, 0) is 17.5 Å². The third-order valence-corrected chi connectivity index (χ3v) is 4.76. The van der Waals surface area contributed by atoms with Gasteiger partial charge in [0.25, 0.3) is 5.91 Å². The quantitative estimate of drug-likeness (QED) is 0.662. The molecule has 0 saturated carbocycles. The van der Waals surface area contributed by atoms with Gasteiger partial charge >= 0.3 is 6.18 Å². The SMILES string of the molecule is CCOc1ccccc1C(=O)NC(C(=O)N(C)Cc1ccccc1C(F)(F)F)C(C)C. The van der Waals surface area contributed by atoms with Gasteiger partial charge in [-0.2, -0.15) is 13.2 Å². The molecule has 0 aliphatic rings. The van der Waals surface area contributed by atoms with E-state index in [2.05, 4.69) is 5.32 Å². The lowest BCUT2D eigenvalue weighted by Gasteiger charge is -2.28. The number of alkyl halides is 3. The summed E-state index contributed by atoms with van der Waals surface area (Å²) in [5.41, 5.74) is -0.514.